The van der Waals surface area contributed by atoms with Crippen LogP contribution in [0.15, 0.2) is 473 Å². The SMILES string of the molecule is CN(c1ccc(N(c2cccc3ccccc23)c2cccc3ccccc23)cc1)c1cc2ccccc2c2ccccc12.CN(c1ccc(N(c2cccc3ccccc23)c2cccc3ccccc23)cc1)c1ccc2c3cccc4cccc(c5cccc1c52)c43.Cc1ccc(N(C)c2ccc(N(c3cccc4ccccc34)c3cccc4ccccc34)cc2)cc1. The summed E-state index contributed by atoms with van der Waals surface area (Å²) in [7, 11) is 6.47. The minimum absolute atomic E-state index is 1.12. The first kappa shape index (κ1) is 77.5. The van der Waals surface area contributed by atoms with Crippen molar-refractivity contribution in [2.45, 2.75) is 6.92 Å². The molecule has 0 atom stereocenters. The molecule has 0 saturated carbocycles. The molecule has 0 N–H and O–H groups in total. The van der Waals surface area contributed by atoms with Gasteiger partial charge < -0.3 is 29.4 Å². The first-order valence-electron chi connectivity index (χ1n) is 44.0. The maximum Gasteiger partial charge on any atom is 0.0540 e. The van der Waals surface area contributed by atoms with Gasteiger partial charge in [-0.15, -0.1) is 0 Å². The summed E-state index contributed by atoms with van der Waals surface area (Å²) in [5.74, 6) is 0. The number of fused-ring (bicyclic) bond motifs is 11. The summed E-state index contributed by atoms with van der Waals surface area (Å²) in [6, 6.07) is 171. The van der Waals surface area contributed by atoms with Crippen molar-refractivity contribution in [2.24, 2.45) is 0 Å². The van der Waals surface area contributed by atoms with Crippen molar-refractivity contribution in [2.75, 3.05) is 50.5 Å². The zero-order valence-corrected chi connectivity index (χ0v) is 71.7. The van der Waals surface area contributed by atoms with E-state index in [2.05, 4.69) is 531 Å². The number of rotatable bonds is 15. The zero-order chi connectivity index (χ0) is 85.7. The smallest absolute Gasteiger partial charge is 0.0540 e. The molecular formula is C122H90N6. The van der Waals surface area contributed by atoms with Gasteiger partial charge in [-0.2, -0.15) is 0 Å². The molecule has 608 valence electrons. The largest absolute Gasteiger partial charge is 0.345 e. The van der Waals surface area contributed by atoms with E-state index in [1.807, 2.05) is 0 Å². The third kappa shape index (κ3) is 14.1. The molecule has 0 aliphatic carbocycles. The number of anilines is 15. The lowest BCUT2D eigenvalue weighted by Crippen LogP contribution is -2.13. The van der Waals surface area contributed by atoms with Crippen molar-refractivity contribution in [1.82, 2.24) is 0 Å². The molecule has 0 heterocycles. The van der Waals surface area contributed by atoms with Crippen LogP contribution in [-0.2, 0) is 0 Å². The lowest BCUT2D eigenvalue weighted by molar-refractivity contribution is 1.20. The van der Waals surface area contributed by atoms with Crippen LogP contribution in [0.1, 0.15) is 5.56 Å². The van der Waals surface area contributed by atoms with Crippen molar-refractivity contribution in [1.29, 1.82) is 0 Å². The average Bonchev–Trinajstić information content (AvgIpc) is 0.722. The quantitative estimate of drug-likeness (QED) is 0.0747. The Morgan fingerprint density at radius 1 is 0.133 bits per heavy atom. The molecule has 0 bridgehead atoms. The lowest BCUT2D eigenvalue weighted by Gasteiger charge is -2.29. The standard InChI is InChI=1S/C47H32N2.C41H30N2.C34H28N2/c1-48(43-30-29-41-39-20-7-16-33-15-6-19-38(46(33)39)40-21-10-22-42(43)47(40)41)34-25-27-35(28-26-34)49(44-23-8-13-31-11-2-4-17-36(31)44)45-24-9-14-32-12-3-5-18-37(32)45;1-42(41-28-31-14-4-5-17-34(31)37-20-8-9-21-38(37)41)32-24-26-33(27-25-32)43(39-22-10-15-29-12-2-6-18-35(29)39)40-23-11-16-30-13-3-7-19-36(30)40;1-25-17-19-28(20-18-25)35(2)29-21-23-30(24-22-29)36(33-15-7-11-26-9-3-5-13-31(26)33)34-16-8-12-27-10-4-6-14-32(27)34/h2-30H,1H3;2-28H,1H3;3-24H,1-2H3. The molecule has 0 radical (unpaired) electrons. The van der Waals surface area contributed by atoms with Crippen LogP contribution in [0.25, 0.3) is 129 Å². The van der Waals surface area contributed by atoms with Gasteiger partial charge in [0.15, 0.2) is 0 Å². The Bertz CT molecular complexity index is 7970. The van der Waals surface area contributed by atoms with E-state index in [-0.39, 0.29) is 0 Å². The Hall–Kier alpha value is -16.5. The van der Waals surface area contributed by atoms with Gasteiger partial charge >= 0.3 is 0 Å². The molecule has 0 spiro atoms. The average molecular weight is 1640 g/mol. The highest BCUT2D eigenvalue weighted by molar-refractivity contribution is 6.34. The van der Waals surface area contributed by atoms with Gasteiger partial charge in [0.05, 0.1) is 34.1 Å². The topological polar surface area (TPSA) is 19.4 Å². The monoisotopic (exact) mass is 1640 g/mol. The molecule has 0 aromatic heterocycles. The first-order chi connectivity index (χ1) is 63.2. The van der Waals surface area contributed by atoms with E-state index in [1.165, 1.54) is 163 Å². The second-order valence-electron chi connectivity index (χ2n) is 33.3. The van der Waals surface area contributed by atoms with Crippen LogP contribution in [0.4, 0.5) is 85.3 Å². The maximum atomic E-state index is 2.41. The van der Waals surface area contributed by atoms with Crippen LogP contribution < -0.4 is 29.4 Å². The fraction of sp³-hybridized carbons (Fsp3) is 0.0328. The molecule has 24 aromatic carbocycles. The molecule has 128 heavy (non-hydrogen) atoms. The summed E-state index contributed by atoms with van der Waals surface area (Å²) >= 11 is 0. The predicted octanol–water partition coefficient (Wildman–Crippen LogP) is 34.4. The van der Waals surface area contributed by atoms with E-state index in [9.17, 15) is 0 Å². The summed E-state index contributed by atoms with van der Waals surface area (Å²) < 4.78 is 0. The van der Waals surface area contributed by atoms with Crippen molar-refractivity contribution in [3.8, 4) is 0 Å². The van der Waals surface area contributed by atoms with Crippen LogP contribution in [-0.4, -0.2) is 21.1 Å². The summed E-state index contributed by atoms with van der Waals surface area (Å²) in [6.45, 7) is 2.12. The van der Waals surface area contributed by atoms with Gasteiger partial charge in [-0.3, -0.25) is 0 Å². The predicted molar refractivity (Wildman–Crippen MR) is 553 cm³/mol. The number of nitrogens with zero attached hydrogens (tertiary/aromatic N) is 6. The molecule has 0 unspecified atom stereocenters. The van der Waals surface area contributed by atoms with E-state index in [1.54, 1.807) is 0 Å². The van der Waals surface area contributed by atoms with Crippen LogP contribution in [0.2, 0.25) is 0 Å². The molecular weight excluding hydrogens is 1550 g/mol. The van der Waals surface area contributed by atoms with Gasteiger partial charge in [-0.25, -0.2) is 0 Å². The number of aryl methyl sites for hydroxylation is 1. The second kappa shape index (κ2) is 33.3. The molecule has 0 saturated heterocycles. The Kier molecular flexibility index (Phi) is 20.1. The third-order valence-electron chi connectivity index (χ3n) is 25.9. The number of hydrogen-bond donors (Lipinski definition) is 0. The van der Waals surface area contributed by atoms with Gasteiger partial charge in [-0.1, -0.05) is 345 Å². The Morgan fingerprint density at radius 2 is 0.367 bits per heavy atom. The molecule has 0 aliphatic heterocycles. The molecule has 0 fully saturated rings. The second-order valence-corrected chi connectivity index (χ2v) is 33.3. The molecule has 24 rings (SSSR count). The number of hydrogen-bond acceptors (Lipinski definition) is 6. The van der Waals surface area contributed by atoms with Gasteiger partial charge in [-0.05, 0) is 227 Å². The van der Waals surface area contributed by atoms with E-state index >= 15 is 0 Å². The minimum atomic E-state index is 1.12. The van der Waals surface area contributed by atoms with Crippen LogP contribution in [0, 0.1) is 6.92 Å². The van der Waals surface area contributed by atoms with Gasteiger partial charge in [0.2, 0.25) is 0 Å². The first-order valence-corrected chi connectivity index (χ1v) is 44.0. The molecule has 6 heteroatoms. The van der Waals surface area contributed by atoms with Crippen LogP contribution >= 0.6 is 0 Å². The summed E-state index contributed by atoms with van der Waals surface area (Å²) in [4.78, 5) is 14.1. The van der Waals surface area contributed by atoms with E-state index in [0.29, 0.717) is 0 Å². The summed E-state index contributed by atoms with van der Waals surface area (Å²) in [6.07, 6.45) is 0. The van der Waals surface area contributed by atoms with Gasteiger partial charge in [0.1, 0.15) is 0 Å². The molecule has 24 aromatic rings. The summed E-state index contributed by atoms with van der Waals surface area (Å²) in [5.41, 5.74) is 18.6. The highest BCUT2D eigenvalue weighted by Crippen LogP contribution is 2.50. The molecule has 0 aliphatic rings. The van der Waals surface area contributed by atoms with Crippen molar-refractivity contribution < 1.29 is 0 Å². The Morgan fingerprint density at radius 3 is 0.734 bits per heavy atom. The minimum Gasteiger partial charge on any atom is -0.345 e. The summed E-state index contributed by atoms with van der Waals surface area (Å²) in [5, 5.41) is 30.3. The fourth-order valence-electron chi connectivity index (χ4n) is 19.5. The van der Waals surface area contributed by atoms with E-state index in [0.717, 1.165) is 56.9 Å². The number of benzene rings is 24. The maximum absolute atomic E-state index is 2.41. The Labute approximate surface area is 745 Å². The van der Waals surface area contributed by atoms with Gasteiger partial charge in [0, 0.05) is 115 Å². The van der Waals surface area contributed by atoms with Crippen molar-refractivity contribution in [3.63, 3.8) is 0 Å². The zero-order valence-electron chi connectivity index (χ0n) is 71.7. The lowest BCUT2D eigenvalue weighted by atomic mass is 9.89. The van der Waals surface area contributed by atoms with E-state index < -0.39 is 0 Å². The van der Waals surface area contributed by atoms with Crippen molar-refractivity contribution in [3.05, 3.63) is 479 Å². The molecule has 6 nitrogen and oxygen atoms in total. The van der Waals surface area contributed by atoms with Crippen LogP contribution in [0.3, 0.4) is 0 Å². The van der Waals surface area contributed by atoms with Crippen LogP contribution in [0.5, 0.6) is 0 Å². The van der Waals surface area contributed by atoms with E-state index in [4.69, 9.17) is 0 Å². The molecule has 0 amide bonds. The fourth-order valence-corrected chi connectivity index (χ4v) is 19.5. The Balaban J connectivity index is 0.000000115. The highest BCUT2D eigenvalue weighted by Gasteiger charge is 2.25. The van der Waals surface area contributed by atoms with Crippen molar-refractivity contribution >= 4 is 215 Å². The van der Waals surface area contributed by atoms with Gasteiger partial charge in [0.25, 0.3) is 0 Å². The third-order valence-corrected chi connectivity index (χ3v) is 25.9. The normalized spacial score (nSPS) is 11.4. The highest BCUT2D eigenvalue weighted by atomic mass is 15.2.